The molecule has 0 saturated carbocycles. The topological polar surface area (TPSA) is 20.2 Å². The van der Waals surface area contributed by atoms with Crippen molar-refractivity contribution in [3.63, 3.8) is 0 Å². The van der Waals surface area contributed by atoms with Gasteiger partial charge in [-0.1, -0.05) is 22.0 Å². The highest BCUT2D eigenvalue weighted by Crippen LogP contribution is 2.22. The van der Waals surface area contributed by atoms with Gasteiger partial charge >= 0.3 is 0 Å². The van der Waals surface area contributed by atoms with Crippen molar-refractivity contribution >= 4 is 15.9 Å². The Balaban J connectivity index is 2.54. The number of hydrogen-bond acceptors (Lipinski definition) is 1. The van der Waals surface area contributed by atoms with E-state index in [0.29, 0.717) is 0 Å². The van der Waals surface area contributed by atoms with Crippen LogP contribution in [0, 0.1) is 0 Å². The third-order valence-corrected chi connectivity index (χ3v) is 1.95. The van der Waals surface area contributed by atoms with Gasteiger partial charge in [-0.3, -0.25) is 0 Å². The van der Waals surface area contributed by atoms with Crippen LogP contribution in [0.25, 0.3) is 0 Å². The lowest BCUT2D eigenvalue weighted by molar-refractivity contribution is 0.220. The van der Waals surface area contributed by atoms with Crippen molar-refractivity contribution in [1.82, 2.24) is 0 Å². The molecular formula is C5H7BrO. The molecule has 0 aliphatic heterocycles. The van der Waals surface area contributed by atoms with Crippen LogP contribution in [0.3, 0.4) is 0 Å². The molecule has 0 aromatic heterocycles. The molecule has 1 atom stereocenters. The molecule has 0 aromatic rings. The summed E-state index contributed by atoms with van der Waals surface area (Å²) in [6, 6.07) is 0. The van der Waals surface area contributed by atoms with E-state index in [-0.39, 0.29) is 6.10 Å². The molecule has 1 rings (SSSR count). The monoisotopic (exact) mass is 162 g/mol. The molecule has 0 amide bonds. The number of hydrogen-bond donors (Lipinski definition) is 1. The standard InChI is InChI=1S/C5H7BrO/c6-4-2-1-3-5(4)7/h2,5,7H,1,3H2/t5-/m0/s1. The Labute approximate surface area is 51.2 Å². The summed E-state index contributed by atoms with van der Waals surface area (Å²) < 4.78 is 0.951. The third-order valence-electron chi connectivity index (χ3n) is 1.10. The molecule has 7 heavy (non-hydrogen) atoms. The molecule has 0 spiro atoms. The Morgan fingerprint density at radius 2 is 2.57 bits per heavy atom. The van der Waals surface area contributed by atoms with Crippen molar-refractivity contribution in [1.29, 1.82) is 0 Å². The van der Waals surface area contributed by atoms with Gasteiger partial charge in [0.05, 0.1) is 6.10 Å². The second-order valence-corrected chi connectivity index (χ2v) is 2.60. The molecule has 0 saturated heterocycles. The van der Waals surface area contributed by atoms with Crippen LogP contribution < -0.4 is 0 Å². The van der Waals surface area contributed by atoms with Gasteiger partial charge in [-0.2, -0.15) is 0 Å². The predicted molar refractivity (Wildman–Crippen MR) is 32.3 cm³/mol. The fraction of sp³-hybridized carbons (Fsp3) is 0.600. The average Bonchev–Trinajstić information content (AvgIpc) is 1.91. The summed E-state index contributed by atoms with van der Waals surface area (Å²) in [6.07, 6.45) is 3.70. The summed E-state index contributed by atoms with van der Waals surface area (Å²) in [5, 5.41) is 8.88. The SMILES string of the molecule is O[C@H]1CCC=C1Br. The van der Waals surface area contributed by atoms with Gasteiger partial charge < -0.3 is 5.11 Å². The molecule has 1 aliphatic carbocycles. The molecule has 1 nitrogen and oxygen atoms in total. The van der Waals surface area contributed by atoms with E-state index in [1.54, 1.807) is 0 Å². The van der Waals surface area contributed by atoms with Gasteiger partial charge in [0.1, 0.15) is 0 Å². The molecule has 2 heteroatoms. The van der Waals surface area contributed by atoms with E-state index in [1.807, 2.05) is 6.08 Å². The van der Waals surface area contributed by atoms with E-state index in [1.165, 1.54) is 0 Å². The van der Waals surface area contributed by atoms with E-state index in [2.05, 4.69) is 15.9 Å². The zero-order valence-electron chi connectivity index (χ0n) is 3.89. The summed E-state index contributed by atoms with van der Waals surface area (Å²) >= 11 is 3.21. The highest BCUT2D eigenvalue weighted by atomic mass is 79.9. The zero-order chi connectivity index (χ0) is 5.28. The normalized spacial score (nSPS) is 30.6. The Kier molecular flexibility index (Phi) is 1.50. The highest BCUT2D eigenvalue weighted by molar-refractivity contribution is 9.11. The Morgan fingerprint density at radius 3 is 2.71 bits per heavy atom. The average molecular weight is 163 g/mol. The fourth-order valence-corrected chi connectivity index (χ4v) is 1.11. The van der Waals surface area contributed by atoms with E-state index in [4.69, 9.17) is 5.11 Å². The smallest absolute Gasteiger partial charge is 0.0854 e. The minimum absolute atomic E-state index is 0.208. The minimum atomic E-state index is -0.208. The van der Waals surface area contributed by atoms with Crippen LogP contribution in [0.4, 0.5) is 0 Å². The number of allylic oxidation sites excluding steroid dienone is 1. The number of aliphatic hydroxyl groups is 1. The van der Waals surface area contributed by atoms with E-state index in [0.717, 1.165) is 17.3 Å². The molecule has 0 heterocycles. The van der Waals surface area contributed by atoms with Crippen molar-refractivity contribution in [3.05, 3.63) is 10.6 Å². The maximum Gasteiger partial charge on any atom is 0.0854 e. The van der Waals surface area contributed by atoms with Gasteiger partial charge in [-0.25, -0.2) is 0 Å². The van der Waals surface area contributed by atoms with Crippen molar-refractivity contribution in [3.8, 4) is 0 Å². The second kappa shape index (κ2) is 1.97. The van der Waals surface area contributed by atoms with Gasteiger partial charge in [0.25, 0.3) is 0 Å². The van der Waals surface area contributed by atoms with Crippen LogP contribution in [0.2, 0.25) is 0 Å². The lowest BCUT2D eigenvalue weighted by atomic mass is 10.3. The van der Waals surface area contributed by atoms with Gasteiger partial charge in [0.2, 0.25) is 0 Å². The van der Waals surface area contributed by atoms with Crippen LogP contribution in [0.1, 0.15) is 12.8 Å². The van der Waals surface area contributed by atoms with Gasteiger partial charge in [-0.15, -0.1) is 0 Å². The minimum Gasteiger partial charge on any atom is -0.388 e. The van der Waals surface area contributed by atoms with Crippen LogP contribution in [-0.4, -0.2) is 11.2 Å². The molecule has 0 radical (unpaired) electrons. The summed E-state index contributed by atoms with van der Waals surface area (Å²) in [6.45, 7) is 0. The first-order chi connectivity index (χ1) is 3.30. The quantitative estimate of drug-likeness (QED) is 0.572. The second-order valence-electron chi connectivity index (χ2n) is 1.68. The summed E-state index contributed by atoms with van der Waals surface area (Å²) in [4.78, 5) is 0. The highest BCUT2D eigenvalue weighted by Gasteiger charge is 2.11. The van der Waals surface area contributed by atoms with Crippen molar-refractivity contribution in [2.24, 2.45) is 0 Å². The molecule has 0 bridgehead atoms. The van der Waals surface area contributed by atoms with Crippen LogP contribution in [0.15, 0.2) is 10.6 Å². The van der Waals surface area contributed by atoms with Gasteiger partial charge in [0.15, 0.2) is 0 Å². The lowest BCUT2D eigenvalue weighted by Crippen LogP contribution is -1.98. The Hall–Kier alpha value is 0.180. The number of aliphatic hydroxyl groups excluding tert-OH is 1. The molecule has 0 fully saturated rings. The van der Waals surface area contributed by atoms with Crippen LogP contribution in [0.5, 0.6) is 0 Å². The Bertz CT molecular complexity index is 98.3. The van der Waals surface area contributed by atoms with E-state index in [9.17, 15) is 0 Å². The van der Waals surface area contributed by atoms with E-state index >= 15 is 0 Å². The maximum absolute atomic E-state index is 8.88. The first kappa shape index (κ1) is 5.32. The molecule has 40 valence electrons. The van der Waals surface area contributed by atoms with E-state index < -0.39 is 0 Å². The number of halogens is 1. The van der Waals surface area contributed by atoms with Crippen molar-refractivity contribution < 1.29 is 5.11 Å². The lowest BCUT2D eigenvalue weighted by Gasteiger charge is -1.96. The molecule has 0 unspecified atom stereocenters. The predicted octanol–water partition coefficient (Wildman–Crippen LogP) is 1.42. The van der Waals surface area contributed by atoms with Crippen molar-refractivity contribution in [2.75, 3.05) is 0 Å². The van der Waals surface area contributed by atoms with Crippen molar-refractivity contribution in [2.45, 2.75) is 18.9 Å². The molecular weight excluding hydrogens is 156 g/mol. The first-order valence-corrected chi connectivity index (χ1v) is 3.13. The summed E-state index contributed by atoms with van der Waals surface area (Å²) in [5.74, 6) is 0. The van der Waals surface area contributed by atoms with Crippen LogP contribution in [-0.2, 0) is 0 Å². The Morgan fingerprint density at radius 1 is 1.86 bits per heavy atom. The van der Waals surface area contributed by atoms with Crippen LogP contribution >= 0.6 is 15.9 Å². The van der Waals surface area contributed by atoms with Gasteiger partial charge in [0, 0.05) is 4.48 Å². The van der Waals surface area contributed by atoms with Gasteiger partial charge in [-0.05, 0) is 12.8 Å². The molecule has 1 N–H and O–H groups in total. The third kappa shape index (κ3) is 1.04. The molecule has 0 aromatic carbocycles. The zero-order valence-corrected chi connectivity index (χ0v) is 5.48. The summed E-state index contributed by atoms with van der Waals surface area (Å²) in [7, 11) is 0. The maximum atomic E-state index is 8.88. The molecule has 1 aliphatic rings. The fourth-order valence-electron chi connectivity index (χ4n) is 0.653. The number of rotatable bonds is 0. The first-order valence-electron chi connectivity index (χ1n) is 2.34. The largest absolute Gasteiger partial charge is 0.388 e. The summed E-state index contributed by atoms with van der Waals surface area (Å²) in [5.41, 5.74) is 0.